The molecule has 0 spiro atoms. The molecule has 1 saturated heterocycles. The van der Waals surface area contributed by atoms with Crippen molar-refractivity contribution in [2.45, 2.75) is 18.9 Å². The van der Waals surface area contributed by atoms with Gasteiger partial charge in [0.05, 0.1) is 18.9 Å². The Hall–Kier alpha value is -0.940. The first kappa shape index (κ1) is 8.65. The second kappa shape index (κ2) is 3.08. The molecule has 0 bridgehead atoms. The predicted molar refractivity (Wildman–Crippen MR) is 45.3 cm³/mol. The molecule has 2 heterocycles. The van der Waals surface area contributed by atoms with Crippen LogP contribution in [-0.2, 0) is 10.3 Å². The molecule has 0 atom stereocenters. The van der Waals surface area contributed by atoms with E-state index in [-0.39, 0.29) is 12.1 Å². The maximum Gasteiger partial charge on any atom is 0.113 e. The van der Waals surface area contributed by atoms with Crippen LogP contribution in [0.5, 0.6) is 0 Å². The van der Waals surface area contributed by atoms with Crippen LogP contribution in [0.15, 0.2) is 6.20 Å². The number of aliphatic hydroxyl groups excluding tert-OH is 1. The lowest BCUT2D eigenvalue weighted by atomic mass is 9.94. The second-order valence-electron chi connectivity index (χ2n) is 3.50. The van der Waals surface area contributed by atoms with Crippen LogP contribution < -0.4 is 0 Å². The first-order valence-electron chi connectivity index (χ1n) is 4.35. The zero-order chi connectivity index (χ0) is 9.31. The lowest BCUT2D eigenvalue weighted by molar-refractivity contribution is -0.117. The molecule has 1 fully saturated rings. The zero-order valence-corrected chi connectivity index (χ0v) is 7.60. The van der Waals surface area contributed by atoms with Gasteiger partial charge in [-0.05, 0) is 6.92 Å². The van der Waals surface area contributed by atoms with Crippen LogP contribution in [-0.4, -0.2) is 39.9 Å². The van der Waals surface area contributed by atoms with Crippen molar-refractivity contribution in [2.24, 2.45) is 0 Å². The maximum atomic E-state index is 8.92. The van der Waals surface area contributed by atoms with Crippen molar-refractivity contribution in [2.75, 3.05) is 19.8 Å². The van der Waals surface area contributed by atoms with Crippen molar-refractivity contribution in [1.29, 1.82) is 0 Å². The topological polar surface area (TPSA) is 60.2 Å². The number of aryl methyl sites for hydroxylation is 1. The normalized spacial score (nSPS) is 19.8. The zero-order valence-electron chi connectivity index (χ0n) is 7.60. The molecule has 13 heavy (non-hydrogen) atoms. The first-order valence-corrected chi connectivity index (χ1v) is 4.35. The van der Waals surface area contributed by atoms with E-state index in [0.717, 1.165) is 5.69 Å². The third kappa shape index (κ3) is 1.34. The van der Waals surface area contributed by atoms with Crippen molar-refractivity contribution in [3.63, 3.8) is 0 Å². The van der Waals surface area contributed by atoms with Crippen LogP contribution in [0.1, 0.15) is 12.1 Å². The fourth-order valence-corrected chi connectivity index (χ4v) is 1.52. The Labute approximate surface area is 76.3 Å². The summed E-state index contributed by atoms with van der Waals surface area (Å²) in [5.74, 6) is 0. The van der Waals surface area contributed by atoms with Gasteiger partial charge in [-0.1, -0.05) is 5.21 Å². The monoisotopic (exact) mass is 183 g/mol. The van der Waals surface area contributed by atoms with Gasteiger partial charge < -0.3 is 9.84 Å². The van der Waals surface area contributed by atoms with Crippen LogP contribution in [0.3, 0.4) is 0 Å². The lowest BCUT2D eigenvalue weighted by Gasteiger charge is -2.40. The molecule has 5 heteroatoms. The van der Waals surface area contributed by atoms with Gasteiger partial charge in [0, 0.05) is 19.2 Å². The van der Waals surface area contributed by atoms with Crippen LogP contribution in [0.2, 0.25) is 0 Å². The summed E-state index contributed by atoms with van der Waals surface area (Å²) >= 11 is 0. The van der Waals surface area contributed by atoms with E-state index < -0.39 is 0 Å². The summed E-state index contributed by atoms with van der Waals surface area (Å²) in [7, 11) is 0. The molecule has 1 N–H and O–H groups in total. The van der Waals surface area contributed by atoms with Crippen LogP contribution in [0, 0.1) is 6.92 Å². The highest BCUT2D eigenvalue weighted by atomic mass is 16.5. The van der Waals surface area contributed by atoms with Gasteiger partial charge in [0.15, 0.2) is 0 Å². The van der Waals surface area contributed by atoms with Crippen LogP contribution in [0.25, 0.3) is 0 Å². The molecular formula is C8H13N3O2. The van der Waals surface area contributed by atoms with Gasteiger partial charge in [0.2, 0.25) is 0 Å². The standard InChI is InChI=1S/C8H13N3O2/c1-7-4-11(10-9-7)8(2-3-12)5-13-6-8/h4,12H,2-3,5-6H2,1H3. The Morgan fingerprint density at radius 2 is 2.46 bits per heavy atom. The average molecular weight is 183 g/mol. The summed E-state index contributed by atoms with van der Waals surface area (Å²) in [6.07, 6.45) is 2.56. The van der Waals surface area contributed by atoms with Gasteiger partial charge in [-0.3, -0.25) is 0 Å². The van der Waals surface area contributed by atoms with Crippen molar-refractivity contribution in [1.82, 2.24) is 15.0 Å². The van der Waals surface area contributed by atoms with Crippen LogP contribution >= 0.6 is 0 Å². The molecule has 5 nitrogen and oxygen atoms in total. The van der Waals surface area contributed by atoms with Gasteiger partial charge >= 0.3 is 0 Å². The number of ether oxygens (including phenoxy) is 1. The highest BCUT2D eigenvalue weighted by Crippen LogP contribution is 2.28. The highest BCUT2D eigenvalue weighted by Gasteiger charge is 2.41. The molecule has 1 aliphatic rings. The van der Waals surface area contributed by atoms with Gasteiger partial charge in [0.25, 0.3) is 0 Å². The first-order chi connectivity index (χ1) is 6.27. The van der Waals surface area contributed by atoms with Gasteiger partial charge in [0.1, 0.15) is 5.54 Å². The molecule has 1 aromatic heterocycles. The van der Waals surface area contributed by atoms with Crippen molar-refractivity contribution in [3.8, 4) is 0 Å². The van der Waals surface area contributed by atoms with Gasteiger partial charge in [-0.15, -0.1) is 5.10 Å². The Balaban J connectivity index is 2.21. The molecule has 0 unspecified atom stereocenters. The fourth-order valence-electron chi connectivity index (χ4n) is 1.52. The minimum Gasteiger partial charge on any atom is -0.396 e. The van der Waals surface area contributed by atoms with Crippen LogP contribution in [0.4, 0.5) is 0 Å². The molecule has 0 aliphatic carbocycles. The Kier molecular flexibility index (Phi) is 2.05. The SMILES string of the molecule is Cc1cn(C2(CCO)COC2)nn1. The number of rotatable bonds is 3. The van der Waals surface area contributed by atoms with Crippen molar-refractivity contribution >= 4 is 0 Å². The third-order valence-corrected chi connectivity index (χ3v) is 2.41. The average Bonchev–Trinajstić information content (AvgIpc) is 2.44. The summed E-state index contributed by atoms with van der Waals surface area (Å²) in [6.45, 7) is 3.30. The molecule has 0 saturated carbocycles. The summed E-state index contributed by atoms with van der Waals surface area (Å²) in [4.78, 5) is 0. The predicted octanol–water partition coefficient (Wildman–Crippen LogP) is -0.306. The lowest BCUT2D eigenvalue weighted by Crippen LogP contribution is -2.52. The van der Waals surface area contributed by atoms with E-state index >= 15 is 0 Å². The fraction of sp³-hybridized carbons (Fsp3) is 0.750. The Morgan fingerprint density at radius 3 is 2.85 bits per heavy atom. The molecule has 0 aromatic carbocycles. The number of hydrogen-bond donors (Lipinski definition) is 1. The Bertz CT molecular complexity index is 293. The smallest absolute Gasteiger partial charge is 0.113 e. The molecule has 72 valence electrons. The maximum absolute atomic E-state index is 8.92. The van der Waals surface area contributed by atoms with E-state index in [0.29, 0.717) is 19.6 Å². The molecule has 0 amide bonds. The van der Waals surface area contributed by atoms with E-state index in [1.807, 2.05) is 17.8 Å². The second-order valence-corrected chi connectivity index (χ2v) is 3.50. The molecule has 0 radical (unpaired) electrons. The summed E-state index contributed by atoms with van der Waals surface area (Å²) < 4.78 is 6.96. The molecule has 2 rings (SSSR count). The third-order valence-electron chi connectivity index (χ3n) is 2.41. The van der Waals surface area contributed by atoms with Crippen molar-refractivity contribution < 1.29 is 9.84 Å². The molecule has 1 aliphatic heterocycles. The molecule has 1 aromatic rings. The van der Waals surface area contributed by atoms with E-state index in [1.54, 1.807) is 0 Å². The summed E-state index contributed by atoms with van der Waals surface area (Å²) in [5.41, 5.74) is 0.750. The summed E-state index contributed by atoms with van der Waals surface area (Å²) in [6, 6.07) is 0. The number of aliphatic hydroxyl groups is 1. The van der Waals surface area contributed by atoms with E-state index in [9.17, 15) is 0 Å². The van der Waals surface area contributed by atoms with E-state index in [2.05, 4.69) is 10.3 Å². The van der Waals surface area contributed by atoms with Gasteiger partial charge in [-0.2, -0.15) is 0 Å². The van der Waals surface area contributed by atoms with E-state index in [4.69, 9.17) is 9.84 Å². The number of aromatic nitrogens is 3. The van der Waals surface area contributed by atoms with Gasteiger partial charge in [-0.25, -0.2) is 4.68 Å². The molecular weight excluding hydrogens is 170 g/mol. The highest BCUT2D eigenvalue weighted by molar-refractivity contribution is 4.97. The van der Waals surface area contributed by atoms with Crippen molar-refractivity contribution in [3.05, 3.63) is 11.9 Å². The Morgan fingerprint density at radius 1 is 1.69 bits per heavy atom. The minimum absolute atomic E-state index is 0.143. The van der Waals surface area contributed by atoms with E-state index in [1.165, 1.54) is 0 Å². The number of nitrogens with zero attached hydrogens (tertiary/aromatic N) is 3. The number of hydrogen-bond acceptors (Lipinski definition) is 4. The summed E-state index contributed by atoms with van der Waals surface area (Å²) in [5, 5.41) is 16.8. The minimum atomic E-state index is -0.143. The quantitative estimate of drug-likeness (QED) is 0.698. The largest absolute Gasteiger partial charge is 0.396 e.